The van der Waals surface area contributed by atoms with Crippen molar-refractivity contribution in [1.29, 1.82) is 0 Å². The molecule has 2 saturated heterocycles. The number of methoxy groups -OCH3 is 1. The number of carbonyl (C=O) groups is 2. The standard InChI is InChI=1S/C26H24N4O4S2/c1-28-15-20(16-8-10-27-11-9-16)26(23(32)30(24(35)36-26)14-18-5-4-12-34-18)25(28)19-13-17(33-3)6-7-21(19)29(2)22(25)31/h4-13,20H,14-15H2,1-3H3/t20-,25-,26-/m0/s1. The second kappa shape index (κ2) is 8.16. The van der Waals surface area contributed by atoms with Gasteiger partial charge >= 0.3 is 0 Å². The van der Waals surface area contributed by atoms with Crippen LogP contribution in [0.5, 0.6) is 5.75 Å². The number of likely N-dealkylation sites (tertiary alicyclic amines) is 1. The first-order valence-corrected chi connectivity index (χ1v) is 12.7. The van der Waals surface area contributed by atoms with Gasteiger partial charge in [0, 0.05) is 43.2 Å². The van der Waals surface area contributed by atoms with Crippen molar-refractivity contribution in [2.75, 3.05) is 32.6 Å². The maximum atomic E-state index is 14.7. The average Bonchev–Trinajstić information content (AvgIpc) is 3.61. The first kappa shape index (κ1) is 23.2. The Morgan fingerprint density at radius 2 is 1.94 bits per heavy atom. The van der Waals surface area contributed by atoms with Crippen LogP contribution < -0.4 is 9.64 Å². The average molecular weight is 521 g/mol. The molecule has 2 spiro atoms. The first-order chi connectivity index (χ1) is 17.4. The Balaban J connectivity index is 1.62. The molecule has 10 heteroatoms. The highest BCUT2D eigenvalue weighted by molar-refractivity contribution is 8.25. The van der Waals surface area contributed by atoms with Gasteiger partial charge in [0.05, 0.1) is 19.9 Å². The van der Waals surface area contributed by atoms with Gasteiger partial charge < -0.3 is 14.1 Å². The zero-order valence-electron chi connectivity index (χ0n) is 20.0. The van der Waals surface area contributed by atoms with E-state index in [1.807, 2.05) is 48.3 Å². The molecule has 2 amide bonds. The summed E-state index contributed by atoms with van der Waals surface area (Å²) in [4.78, 5) is 38.5. The number of thioether (sulfide) groups is 1. The van der Waals surface area contributed by atoms with Crippen molar-refractivity contribution < 1.29 is 18.7 Å². The fourth-order valence-corrected chi connectivity index (χ4v) is 8.22. The van der Waals surface area contributed by atoms with Crippen LogP contribution in [0.4, 0.5) is 5.69 Å². The van der Waals surface area contributed by atoms with Crippen molar-refractivity contribution in [2.24, 2.45) is 0 Å². The molecule has 2 fully saturated rings. The Morgan fingerprint density at radius 3 is 2.64 bits per heavy atom. The number of fused-ring (bicyclic) bond motifs is 3. The number of nitrogens with zero attached hydrogens (tertiary/aromatic N) is 4. The predicted octanol–water partition coefficient (Wildman–Crippen LogP) is 3.38. The van der Waals surface area contributed by atoms with Gasteiger partial charge in [0.15, 0.2) is 5.54 Å². The van der Waals surface area contributed by atoms with Crippen molar-refractivity contribution in [3.63, 3.8) is 0 Å². The Morgan fingerprint density at radius 1 is 1.17 bits per heavy atom. The van der Waals surface area contributed by atoms with E-state index in [1.54, 1.807) is 48.7 Å². The van der Waals surface area contributed by atoms with Gasteiger partial charge in [-0.1, -0.05) is 24.0 Å². The molecule has 3 aliphatic heterocycles. The summed E-state index contributed by atoms with van der Waals surface area (Å²) in [7, 11) is 5.26. The molecule has 5 heterocycles. The minimum absolute atomic E-state index is 0.159. The summed E-state index contributed by atoms with van der Waals surface area (Å²) in [6, 6.07) is 13.0. The number of thiocarbonyl (C=S) groups is 1. The van der Waals surface area contributed by atoms with Gasteiger partial charge in [0.2, 0.25) is 5.91 Å². The van der Waals surface area contributed by atoms with Gasteiger partial charge in [-0.2, -0.15) is 0 Å². The van der Waals surface area contributed by atoms with Crippen molar-refractivity contribution in [3.05, 3.63) is 78.0 Å². The van der Waals surface area contributed by atoms with Crippen LogP contribution in [0.1, 0.15) is 22.8 Å². The topological polar surface area (TPSA) is 79.1 Å². The molecule has 0 saturated carbocycles. The number of anilines is 1. The molecular formula is C26H24N4O4S2. The maximum absolute atomic E-state index is 14.7. The van der Waals surface area contributed by atoms with Gasteiger partial charge in [-0.25, -0.2) is 0 Å². The van der Waals surface area contributed by atoms with Crippen LogP contribution in [-0.2, 0) is 21.7 Å². The lowest BCUT2D eigenvalue weighted by molar-refractivity contribution is -0.139. The predicted molar refractivity (Wildman–Crippen MR) is 140 cm³/mol. The number of pyridine rings is 1. The quantitative estimate of drug-likeness (QED) is 0.485. The summed E-state index contributed by atoms with van der Waals surface area (Å²) in [6.45, 7) is 0.688. The molecule has 2 aromatic heterocycles. The number of amides is 2. The van der Waals surface area contributed by atoms with E-state index in [1.165, 1.54) is 11.8 Å². The molecular weight excluding hydrogens is 496 g/mol. The van der Waals surface area contributed by atoms with Gasteiger partial charge in [0.1, 0.15) is 20.6 Å². The third kappa shape index (κ3) is 2.80. The lowest BCUT2D eigenvalue weighted by Gasteiger charge is -2.42. The second-order valence-corrected chi connectivity index (χ2v) is 11.1. The highest BCUT2D eigenvalue weighted by Crippen LogP contribution is 2.66. The van der Waals surface area contributed by atoms with Crippen LogP contribution in [0.2, 0.25) is 0 Å². The Kier molecular flexibility index (Phi) is 5.26. The SMILES string of the molecule is COc1ccc2c(c1)[C@@]1(C(=O)N2C)N(C)C[C@@H](c2ccncc2)[C@@]12SC(=S)N(Cc1ccco1)C2=O. The number of benzene rings is 1. The number of aromatic nitrogens is 1. The molecule has 0 N–H and O–H groups in total. The third-order valence-corrected chi connectivity index (χ3v) is 9.60. The zero-order chi connectivity index (χ0) is 25.2. The van der Waals surface area contributed by atoms with E-state index in [4.69, 9.17) is 21.4 Å². The van der Waals surface area contributed by atoms with Gasteiger partial charge in [0.25, 0.3) is 5.91 Å². The number of hydrogen-bond acceptors (Lipinski definition) is 8. The van der Waals surface area contributed by atoms with E-state index in [2.05, 4.69) is 4.98 Å². The van der Waals surface area contributed by atoms with E-state index >= 15 is 0 Å². The Bertz CT molecular complexity index is 1380. The fraction of sp³-hybridized carbons (Fsp3) is 0.308. The van der Waals surface area contributed by atoms with E-state index in [9.17, 15) is 9.59 Å². The minimum atomic E-state index is -1.29. The van der Waals surface area contributed by atoms with E-state index in [0.717, 1.165) is 16.8 Å². The van der Waals surface area contributed by atoms with Crippen LogP contribution in [0.3, 0.4) is 0 Å². The largest absolute Gasteiger partial charge is 0.497 e. The van der Waals surface area contributed by atoms with E-state index in [0.29, 0.717) is 22.4 Å². The van der Waals surface area contributed by atoms with Gasteiger partial charge in [-0.05, 0) is 55.1 Å². The van der Waals surface area contributed by atoms with Crippen LogP contribution in [0, 0.1) is 0 Å². The zero-order valence-corrected chi connectivity index (χ0v) is 21.6. The Hall–Kier alpha value is -3.21. The highest BCUT2D eigenvalue weighted by Gasteiger charge is 2.78. The molecule has 3 atom stereocenters. The third-order valence-electron chi connectivity index (χ3n) is 7.66. The first-order valence-electron chi connectivity index (χ1n) is 11.5. The summed E-state index contributed by atoms with van der Waals surface area (Å²) < 4.78 is 10.3. The Labute approximate surface area is 218 Å². The molecule has 8 nitrogen and oxygen atoms in total. The molecule has 184 valence electrons. The minimum Gasteiger partial charge on any atom is -0.497 e. The van der Waals surface area contributed by atoms with Crippen LogP contribution in [0.25, 0.3) is 0 Å². The molecule has 36 heavy (non-hydrogen) atoms. The number of carbonyl (C=O) groups excluding carboxylic acids is 2. The fourth-order valence-electron chi connectivity index (χ4n) is 6.09. The number of likely N-dealkylation sites (N-methyl/N-ethyl adjacent to an activating group) is 2. The number of furan rings is 1. The summed E-state index contributed by atoms with van der Waals surface area (Å²) in [6.07, 6.45) is 5.01. The van der Waals surface area contributed by atoms with E-state index in [-0.39, 0.29) is 24.3 Å². The van der Waals surface area contributed by atoms with E-state index < -0.39 is 10.3 Å². The smallest absolute Gasteiger partial charge is 0.254 e. The lowest BCUT2D eigenvalue weighted by atomic mass is 9.72. The van der Waals surface area contributed by atoms with Gasteiger partial charge in [-0.15, -0.1) is 0 Å². The number of ether oxygens (including phenoxy) is 1. The summed E-state index contributed by atoms with van der Waals surface area (Å²) in [5, 5.41) is 0. The van der Waals surface area contributed by atoms with Crippen LogP contribution >= 0.6 is 24.0 Å². The molecule has 0 radical (unpaired) electrons. The molecule has 6 rings (SSSR count). The molecule has 0 aliphatic carbocycles. The molecule has 0 bridgehead atoms. The summed E-state index contributed by atoms with van der Waals surface area (Å²) in [5.41, 5.74) is 1.15. The van der Waals surface area contributed by atoms with Gasteiger partial charge in [-0.3, -0.25) is 24.4 Å². The van der Waals surface area contributed by atoms with Crippen molar-refractivity contribution in [2.45, 2.75) is 22.7 Å². The van der Waals surface area contributed by atoms with Crippen LogP contribution in [-0.4, -0.2) is 63.4 Å². The highest BCUT2D eigenvalue weighted by atomic mass is 32.2. The second-order valence-electron chi connectivity index (χ2n) is 9.25. The molecule has 3 aliphatic rings. The normalized spacial score (nSPS) is 27.6. The number of rotatable bonds is 4. The maximum Gasteiger partial charge on any atom is 0.254 e. The summed E-state index contributed by atoms with van der Waals surface area (Å²) in [5.74, 6) is 0.571. The lowest BCUT2D eigenvalue weighted by Crippen LogP contribution is -2.62. The molecule has 1 aromatic carbocycles. The van der Waals surface area contributed by atoms with Crippen LogP contribution in [0.15, 0.2) is 65.5 Å². The summed E-state index contributed by atoms with van der Waals surface area (Å²) >= 11 is 7.14. The van der Waals surface area contributed by atoms with Crippen molar-refractivity contribution in [1.82, 2.24) is 14.8 Å². The van der Waals surface area contributed by atoms with Crippen molar-refractivity contribution in [3.8, 4) is 5.75 Å². The monoisotopic (exact) mass is 520 g/mol. The van der Waals surface area contributed by atoms with Crippen molar-refractivity contribution >= 4 is 45.8 Å². The number of hydrogen-bond donors (Lipinski definition) is 0. The molecule has 3 aromatic rings. The molecule has 0 unspecified atom stereocenters.